The molecular weight excluding hydrogens is 552 g/mol. The number of Topliss-reactive ketones (excluding diaryl/α,β-unsaturated/α-hetero) is 1. The first-order valence-electron chi connectivity index (χ1n) is 13.4. The number of pyridine rings is 2. The number of piperazine rings is 1. The van der Waals surface area contributed by atoms with E-state index >= 15 is 0 Å². The molecule has 41 heavy (non-hydrogen) atoms. The third-order valence-electron chi connectivity index (χ3n) is 7.58. The van der Waals surface area contributed by atoms with Crippen LogP contribution < -0.4 is 20.5 Å². The second-order valence-electron chi connectivity index (χ2n) is 10.1. The lowest BCUT2D eigenvalue weighted by atomic mass is 10.0. The Morgan fingerprint density at radius 1 is 1.05 bits per heavy atom. The van der Waals surface area contributed by atoms with Crippen LogP contribution in [0.1, 0.15) is 54.6 Å². The van der Waals surface area contributed by atoms with Crippen LogP contribution in [0.4, 0.5) is 22.2 Å². The maximum Gasteiger partial charge on any atom is 0.421 e. The van der Waals surface area contributed by atoms with Gasteiger partial charge in [-0.1, -0.05) is 12.8 Å². The number of anilines is 3. The number of methoxy groups -OCH3 is 1. The Bertz CT molecular complexity index is 1640. The number of aryl methyl sites for hydroxylation is 1. The zero-order chi connectivity index (χ0) is 29.3. The van der Waals surface area contributed by atoms with E-state index in [2.05, 4.69) is 25.0 Å². The predicted octanol–water partition coefficient (Wildman–Crippen LogP) is 2.28. The van der Waals surface area contributed by atoms with Crippen LogP contribution in [0.25, 0.3) is 11.0 Å². The monoisotopic (exact) mass is 584 g/mol. The molecule has 0 radical (unpaired) electrons. The topological polar surface area (TPSA) is 169 Å². The van der Waals surface area contributed by atoms with Crippen molar-refractivity contribution in [1.82, 2.24) is 28.5 Å². The number of aromatic nitrogens is 4. The fourth-order valence-corrected chi connectivity index (χ4v) is 6.54. The summed E-state index contributed by atoms with van der Waals surface area (Å²) in [6.07, 6.45) is 6.01. The zero-order valence-electron chi connectivity index (χ0n) is 23.1. The second kappa shape index (κ2) is 11.4. The lowest BCUT2D eigenvalue weighted by Gasteiger charge is -2.34. The lowest BCUT2D eigenvalue weighted by Crippen LogP contribution is -2.53. The molecule has 3 aromatic rings. The van der Waals surface area contributed by atoms with Gasteiger partial charge in [-0.3, -0.25) is 14.2 Å². The summed E-state index contributed by atoms with van der Waals surface area (Å²) in [6.45, 7) is 4.34. The van der Waals surface area contributed by atoms with Crippen molar-refractivity contribution < 1.29 is 22.7 Å². The molecule has 2 aliphatic rings. The van der Waals surface area contributed by atoms with Crippen molar-refractivity contribution in [3.8, 4) is 0 Å². The first-order valence-corrected chi connectivity index (χ1v) is 14.8. The third kappa shape index (κ3) is 5.72. The molecule has 0 atom stereocenters. The average Bonchev–Trinajstić information content (AvgIpc) is 3.47. The van der Waals surface area contributed by atoms with Gasteiger partial charge in [0.05, 0.1) is 24.6 Å². The average molecular weight is 585 g/mol. The third-order valence-corrected chi connectivity index (χ3v) is 9.05. The maximum absolute atomic E-state index is 13.4. The van der Waals surface area contributed by atoms with E-state index < -0.39 is 16.3 Å². The van der Waals surface area contributed by atoms with E-state index in [9.17, 15) is 22.8 Å². The van der Waals surface area contributed by atoms with Gasteiger partial charge in [0, 0.05) is 43.8 Å². The van der Waals surface area contributed by atoms with Crippen molar-refractivity contribution in [2.75, 3.05) is 43.5 Å². The molecule has 1 saturated carbocycles. The predicted molar refractivity (Wildman–Crippen MR) is 152 cm³/mol. The molecule has 0 spiro atoms. The van der Waals surface area contributed by atoms with Crippen molar-refractivity contribution >= 4 is 50.6 Å². The van der Waals surface area contributed by atoms with Gasteiger partial charge in [-0.05, 0) is 44.4 Å². The number of hydrogen-bond acceptors (Lipinski definition) is 11. The minimum absolute atomic E-state index is 0.0180. The Balaban J connectivity index is 1.33. The van der Waals surface area contributed by atoms with Gasteiger partial charge in [0.25, 0.3) is 5.56 Å². The van der Waals surface area contributed by atoms with Crippen molar-refractivity contribution in [2.24, 2.45) is 0 Å². The molecule has 0 aromatic carbocycles. The number of carbonyl (C=O) groups is 2. The van der Waals surface area contributed by atoms with E-state index in [0.29, 0.717) is 35.5 Å². The first kappa shape index (κ1) is 28.4. The molecule has 1 amide bonds. The largest absolute Gasteiger partial charge is 0.452 e. The second-order valence-corrected chi connectivity index (χ2v) is 11.8. The van der Waals surface area contributed by atoms with E-state index in [1.165, 1.54) is 11.2 Å². The van der Waals surface area contributed by atoms with Gasteiger partial charge in [-0.25, -0.2) is 19.5 Å². The molecule has 15 heteroatoms. The molecule has 0 unspecified atom stereocenters. The van der Waals surface area contributed by atoms with Crippen molar-refractivity contribution in [3.05, 3.63) is 46.0 Å². The molecule has 5 rings (SSSR count). The van der Waals surface area contributed by atoms with Crippen LogP contribution in [0.15, 0.2) is 29.3 Å². The zero-order valence-corrected chi connectivity index (χ0v) is 23.9. The van der Waals surface area contributed by atoms with E-state index in [1.54, 1.807) is 30.0 Å². The maximum atomic E-state index is 13.4. The van der Waals surface area contributed by atoms with Crippen LogP contribution in [0.2, 0.25) is 0 Å². The number of fused-ring (bicyclic) bond motifs is 1. The van der Waals surface area contributed by atoms with Crippen molar-refractivity contribution in [2.45, 2.75) is 45.6 Å². The summed E-state index contributed by atoms with van der Waals surface area (Å²) in [6, 6.07) is 3.60. The first-order chi connectivity index (χ1) is 19.6. The van der Waals surface area contributed by atoms with E-state index in [0.717, 1.165) is 38.5 Å². The van der Waals surface area contributed by atoms with E-state index in [1.807, 2.05) is 15.7 Å². The van der Waals surface area contributed by atoms with Gasteiger partial charge in [0.1, 0.15) is 11.5 Å². The highest BCUT2D eigenvalue weighted by atomic mass is 32.2. The quantitative estimate of drug-likeness (QED) is 0.391. The van der Waals surface area contributed by atoms with Gasteiger partial charge in [0.2, 0.25) is 5.95 Å². The number of hydrogen-bond donors (Lipinski definition) is 2. The Hall–Kier alpha value is -4.11. The molecule has 14 nitrogen and oxygen atoms in total. The van der Waals surface area contributed by atoms with Gasteiger partial charge in [-0.2, -0.15) is 17.7 Å². The van der Waals surface area contributed by atoms with Crippen LogP contribution in [-0.2, 0) is 14.9 Å². The summed E-state index contributed by atoms with van der Waals surface area (Å²) in [7, 11) is -2.87. The fraction of sp³-hybridized carbons (Fsp3) is 0.462. The number of rotatable bonds is 7. The number of nitrogens with one attached hydrogen (secondary N) is 2. The van der Waals surface area contributed by atoms with Crippen molar-refractivity contribution in [1.29, 1.82) is 0 Å². The summed E-state index contributed by atoms with van der Waals surface area (Å²) in [4.78, 5) is 52.6. The highest BCUT2D eigenvalue weighted by Crippen LogP contribution is 2.32. The molecule has 2 fully saturated rings. The van der Waals surface area contributed by atoms with Gasteiger partial charge < -0.3 is 15.0 Å². The van der Waals surface area contributed by atoms with Gasteiger partial charge in [-0.15, -0.1) is 0 Å². The van der Waals surface area contributed by atoms with E-state index in [4.69, 9.17) is 0 Å². The molecule has 0 bridgehead atoms. The summed E-state index contributed by atoms with van der Waals surface area (Å²) in [5, 5.41) is 3.76. The highest BCUT2D eigenvalue weighted by molar-refractivity contribution is 7.87. The number of nitrogens with zero attached hydrogens (tertiary/aromatic N) is 6. The molecule has 3 aromatic heterocycles. The molecule has 1 aliphatic heterocycles. The standard InChI is InChI=1S/C26H32N8O6S/c1-16-20-15-28-25(30-23(20)34(18-6-4-5-7-18)24(36)22(16)17(2)35)29-21-9-8-19(14-27-21)32-10-12-33(13-11-32)41(38,39)31-26(37)40-3/h8-9,14-15,18H,4-7,10-13H2,1-3H3,(H,31,37)(H,27,28,29,30). The number of ether oxygens (including phenoxy) is 1. The minimum atomic E-state index is -3.97. The van der Waals surface area contributed by atoms with Crippen molar-refractivity contribution in [3.63, 3.8) is 0 Å². The van der Waals surface area contributed by atoms with Gasteiger partial charge in [0.15, 0.2) is 5.78 Å². The van der Waals surface area contributed by atoms with Crippen LogP contribution >= 0.6 is 0 Å². The Labute approximate surface area is 236 Å². The van der Waals surface area contributed by atoms with Crippen LogP contribution in [0.5, 0.6) is 0 Å². The van der Waals surface area contributed by atoms with E-state index in [-0.39, 0.29) is 42.0 Å². The molecule has 1 aliphatic carbocycles. The number of carbonyl (C=O) groups excluding carboxylic acids is 2. The number of amides is 1. The highest BCUT2D eigenvalue weighted by Gasteiger charge is 2.29. The number of ketones is 1. The smallest absolute Gasteiger partial charge is 0.421 e. The lowest BCUT2D eigenvalue weighted by molar-refractivity contribution is 0.101. The normalized spacial score (nSPS) is 16.6. The summed E-state index contributed by atoms with van der Waals surface area (Å²) in [5.74, 6) is 0.493. The summed E-state index contributed by atoms with van der Waals surface area (Å²) in [5.41, 5.74) is 1.75. The minimum Gasteiger partial charge on any atom is -0.452 e. The molecule has 4 heterocycles. The molecule has 2 N–H and O–H groups in total. The summed E-state index contributed by atoms with van der Waals surface area (Å²) < 4.78 is 33.7. The molecule has 1 saturated heterocycles. The Kier molecular flexibility index (Phi) is 7.91. The van der Waals surface area contributed by atoms with Crippen LogP contribution in [0, 0.1) is 6.92 Å². The molecule has 218 valence electrons. The summed E-state index contributed by atoms with van der Waals surface area (Å²) >= 11 is 0. The van der Waals surface area contributed by atoms with Gasteiger partial charge >= 0.3 is 16.3 Å². The Morgan fingerprint density at radius 2 is 1.76 bits per heavy atom. The van der Waals surface area contributed by atoms with Crippen LogP contribution in [0.3, 0.4) is 0 Å². The SMILES string of the molecule is COC(=O)NS(=O)(=O)N1CCN(c2ccc(Nc3ncc4c(C)c(C(C)=O)c(=O)n(C5CCCC5)c4n3)nc2)CC1. The fourth-order valence-electron chi connectivity index (χ4n) is 5.47. The van der Waals surface area contributed by atoms with Crippen LogP contribution in [-0.4, -0.2) is 77.4 Å². The molecular formula is C26H32N8O6S. The Morgan fingerprint density at radius 3 is 2.37 bits per heavy atom.